The molecule has 1 heterocycles. The molecular weight excluding hydrogens is 208 g/mol. The molecule has 0 bridgehead atoms. The second kappa shape index (κ2) is 4.34. The third kappa shape index (κ3) is 2.21. The number of nitrogen functional groups attached to an aromatic ring is 1. The number of hydrogen-bond acceptors (Lipinski definition) is 5. The molecule has 0 radical (unpaired) electrons. The summed E-state index contributed by atoms with van der Waals surface area (Å²) in [7, 11) is 0. The van der Waals surface area contributed by atoms with Crippen molar-refractivity contribution in [1.29, 1.82) is 0 Å². The zero-order valence-electron chi connectivity index (χ0n) is 8.81. The van der Waals surface area contributed by atoms with Crippen molar-refractivity contribution in [2.24, 2.45) is 0 Å². The van der Waals surface area contributed by atoms with Gasteiger partial charge in [-0.3, -0.25) is 0 Å². The lowest BCUT2D eigenvalue weighted by atomic mass is 10.2. The number of rotatable bonds is 3. The van der Waals surface area contributed by atoms with Crippen LogP contribution in [0.4, 0.5) is 11.6 Å². The van der Waals surface area contributed by atoms with Gasteiger partial charge < -0.3 is 16.2 Å². The number of aromatic carboxylic acids is 1. The Labute approximate surface area is 92.9 Å². The quantitative estimate of drug-likeness (QED) is 0.708. The summed E-state index contributed by atoms with van der Waals surface area (Å²) >= 11 is 0. The molecule has 1 aliphatic carbocycles. The zero-order valence-corrected chi connectivity index (χ0v) is 8.81. The molecule has 0 unspecified atom stereocenters. The highest BCUT2D eigenvalue weighted by atomic mass is 16.4. The van der Waals surface area contributed by atoms with E-state index in [9.17, 15) is 4.79 Å². The molecule has 0 spiro atoms. The molecule has 4 N–H and O–H groups in total. The minimum absolute atomic E-state index is 0.0828. The molecule has 2 rings (SSSR count). The molecule has 1 saturated carbocycles. The molecule has 0 saturated heterocycles. The molecule has 6 nitrogen and oxygen atoms in total. The summed E-state index contributed by atoms with van der Waals surface area (Å²) in [6.45, 7) is 0. The van der Waals surface area contributed by atoms with Crippen LogP contribution in [0.25, 0.3) is 0 Å². The normalized spacial score (nSPS) is 16.2. The minimum Gasteiger partial charge on any atom is -0.478 e. The number of nitrogens with two attached hydrogens (primary N) is 1. The molecule has 0 amide bonds. The van der Waals surface area contributed by atoms with Gasteiger partial charge in [0.1, 0.15) is 11.4 Å². The average molecular weight is 222 g/mol. The zero-order chi connectivity index (χ0) is 11.5. The van der Waals surface area contributed by atoms with Gasteiger partial charge in [-0.15, -0.1) is 10.2 Å². The second-order valence-corrected chi connectivity index (χ2v) is 3.96. The van der Waals surface area contributed by atoms with E-state index in [2.05, 4.69) is 15.5 Å². The van der Waals surface area contributed by atoms with E-state index in [1.165, 1.54) is 18.9 Å². The molecule has 1 aromatic rings. The predicted octanol–water partition coefficient (Wildman–Crippen LogP) is 1.11. The number of anilines is 2. The lowest BCUT2D eigenvalue weighted by Crippen LogP contribution is -2.19. The predicted molar refractivity (Wildman–Crippen MR) is 59.3 cm³/mol. The van der Waals surface area contributed by atoms with Crippen molar-refractivity contribution < 1.29 is 9.90 Å². The number of aromatic nitrogens is 2. The van der Waals surface area contributed by atoms with Crippen LogP contribution in [0.2, 0.25) is 0 Å². The highest BCUT2D eigenvalue weighted by molar-refractivity contribution is 5.93. The topological polar surface area (TPSA) is 101 Å². The van der Waals surface area contributed by atoms with Crippen LogP contribution in [0.3, 0.4) is 0 Å². The summed E-state index contributed by atoms with van der Waals surface area (Å²) in [6.07, 6.45) is 4.43. The van der Waals surface area contributed by atoms with Gasteiger partial charge in [0.25, 0.3) is 0 Å². The number of carbonyl (C=O) groups is 1. The van der Waals surface area contributed by atoms with Gasteiger partial charge in [-0.1, -0.05) is 12.8 Å². The minimum atomic E-state index is -1.04. The summed E-state index contributed by atoms with van der Waals surface area (Å²) < 4.78 is 0. The molecule has 1 aliphatic rings. The Hall–Kier alpha value is -1.85. The molecule has 16 heavy (non-hydrogen) atoms. The highest BCUT2D eigenvalue weighted by Gasteiger charge is 2.19. The third-order valence-electron chi connectivity index (χ3n) is 2.74. The summed E-state index contributed by atoms with van der Waals surface area (Å²) in [5.74, 6) is -0.606. The van der Waals surface area contributed by atoms with Crippen LogP contribution in [0.15, 0.2) is 6.07 Å². The van der Waals surface area contributed by atoms with Crippen LogP contribution in [-0.4, -0.2) is 27.3 Å². The van der Waals surface area contributed by atoms with E-state index in [-0.39, 0.29) is 11.4 Å². The molecule has 0 aromatic carbocycles. The monoisotopic (exact) mass is 222 g/mol. The Morgan fingerprint density at radius 3 is 2.75 bits per heavy atom. The highest BCUT2D eigenvalue weighted by Crippen LogP contribution is 2.23. The van der Waals surface area contributed by atoms with Crippen molar-refractivity contribution >= 4 is 17.6 Å². The molecule has 1 fully saturated rings. The lowest BCUT2D eigenvalue weighted by molar-refractivity contribution is 0.0697. The van der Waals surface area contributed by atoms with E-state index in [4.69, 9.17) is 10.8 Å². The van der Waals surface area contributed by atoms with Crippen molar-refractivity contribution in [1.82, 2.24) is 10.2 Å². The number of nitrogens with zero attached hydrogens (tertiary/aromatic N) is 2. The molecule has 86 valence electrons. The standard InChI is InChI=1S/C10H14N4O2/c11-8-5-7(10(15)16)9(14-13-8)12-6-3-1-2-4-6/h5-6H,1-4H2,(H2,11,13)(H,12,14)(H,15,16). The van der Waals surface area contributed by atoms with E-state index in [0.29, 0.717) is 11.9 Å². The largest absolute Gasteiger partial charge is 0.478 e. The Bertz CT molecular complexity index is 402. The summed E-state index contributed by atoms with van der Waals surface area (Å²) in [6, 6.07) is 1.63. The Morgan fingerprint density at radius 2 is 2.12 bits per heavy atom. The van der Waals surface area contributed by atoms with Crippen molar-refractivity contribution in [3.8, 4) is 0 Å². The van der Waals surface area contributed by atoms with E-state index in [1.807, 2.05) is 0 Å². The van der Waals surface area contributed by atoms with Crippen LogP contribution >= 0.6 is 0 Å². The molecule has 0 atom stereocenters. The van der Waals surface area contributed by atoms with Crippen molar-refractivity contribution in [3.63, 3.8) is 0 Å². The van der Waals surface area contributed by atoms with E-state index >= 15 is 0 Å². The van der Waals surface area contributed by atoms with E-state index in [1.54, 1.807) is 0 Å². The van der Waals surface area contributed by atoms with Gasteiger partial charge in [0, 0.05) is 12.1 Å². The van der Waals surface area contributed by atoms with Crippen molar-refractivity contribution in [2.75, 3.05) is 11.1 Å². The summed E-state index contributed by atoms with van der Waals surface area (Å²) in [5.41, 5.74) is 5.49. The van der Waals surface area contributed by atoms with Gasteiger partial charge in [-0.2, -0.15) is 0 Å². The van der Waals surface area contributed by atoms with Crippen LogP contribution in [0.1, 0.15) is 36.0 Å². The van der Waals surface area contributed by atoms with Gasteiger partial charge in [0.15, 0.2) is 5.82 Å². The van der Waals surface area contributed by atoms with Crippen molar-refractivity contribution in [2.45, 2.75) is 31.7 Å². The van der Waals surface area contributed by atoms with Crippen LogP contribution in [-0.2, 0) is 0 Å². The van der Waals surface area contributed by atoms with E-state index in [0.717, 1.165) is 12.8 Å². The smallest absolute Gasteiger partial charge is 0.339 e. The van der Waals surface area contributed by atoms with Gasteiger partial charge in [-0.05, 0) is 12.8 Å². The molecule has 0 aliphatic heterocycles. The Balaban J connectivity index is 2.21. The first kappa shape index (κ1) is 10.7. The first-order valence-electron chi connectivity index (χ1n) is 5.30. The molecular formula is C10H14N4O2. The number of carboxylic acids is 1. The fraction of sp³-hybridized carbons (Fsp3) is 0.500. The van der Waals surface area contributed by atoms with Gasteiger partial charge in [-0.25, -0.2) is 4.79 Å². The summed E-state index contributed by atoms with van der Waals surface area (Å²) in [5, 5.41) is 19.6. The van der Waals surface area contributed by atoms with Crippen LogP contribution < -0.4 is 11.1 Å². The second-order valence-electron chi connectivity index (χ2n) is 3.96. The Morgan fingerprint density at radius 1 is 1.44 bits per heavy atom. The Kier molecular flexibility index (Phi) is 2.89. The summed E-state index contributed by atoms with van der Waals surface area (Å²) in [4.78, 5) is 11.0. The van der Waals surface area contributed by atoms with Gasteiger partial charge in [0.2, 0.25) is 0 Å². The number of carboxylic acid groups (broad SMARTS) is 1. The first-order valence-corrected chi connectivity index (χ1v) is 5.30. The lowest BCUT2D eigenvalue weighted by Gasteiger charge is -2.13. The van der Waals surface area contributed by atoms with Crippen molar-refractivity contribution in [3.05, 3.63) is 11.6 Å². The van der Waals surface area contributed by atoms with Gasteiger partial charge in [0.05, 0.1) is 0 Å². The first-order chi connectivity index (χ1) is 7.66. The fourth-order valence-electron chi connectivity index (χ4n) is 1.94. The molecule has 6 heteroatoms. The molecule has 1 aromatic heterocycles. The fourth-order valence-corrected chi connectivity index (χ4v) is 1.94. The average Bonchev–Trinajstić information content (AvgIpc) is 2.73. The van der Waals surface area contributed by atoms with Crippen LogP contribution in [0, 0.1) is 0 Å². The number of nitrogens with one attached hydrogen (secondary N) is 1. The maximum absolute atomic E-state index is 11.0. The maximum Gasteiger partial charge on any atom is 0.339 e. The van der Waals surface area contributed by atoms with E-state index < -0.39 is 5.97 Å². The number of hydrogen-bond donors (Lipinski definition) is 3. The SMILES string of the molecule is Nc1cc(C(=O)O)c(NC2CCCC2)nn1. The van der Waals surface area contributed by atoms with Gasteiger partial charge >= 0.3 is 5.97 Å². The third-order valence-corrected chi connectivity index (χ3v) is 2.74. The van der Waals surface area contributed by atoms with Crippen LogP contribution in [0.5, 0.6) is 0 Å². The maximum atomic E-state index is 11.0.